The van der Waals surface area contributed by atoms with Gasteiger partial charge in [-0.2, -0.15) is 0 Å². The summed E-state index contributed by atoms with van der Waals surface area (Å²) in [5.74, 6) is 1.19. The van der Waals surface area contributed by atoms with E-state index in [1.807, 2.05) is 0 Å². The first-order valence-electron chi connectivity index (χ1n) is 5.12. The van der Waals surface area contributed by atoms with Crippen molar-refractivity contribution in [2.75, 3.05) is 19.9 Å². The van der Waals surface area contributed by atoms with E-state index in [2.05, 4.69) is 5.32 Å². The molecule has 2 heterocycles. The third-order valence-electron chi connectivity index (χ3n) is 2.53. The molecule has 0 aliphatic carbocycles. The fourth-order valence-electron chi connectivity index (χ4n) is 1.53. The van der Waals surface area contributed by atoms with E-state index in [0.717, 1.165) is 6.61 Å². The van der Waals surface area contributed by atoms with Gasteiger partial charge in [-0.3, -0.25) is 4.79 Å². The molecule has 1 fully saturated rings. The van der Waals surface area contributed by atoms with Crippen LogP contribution >= 0.6 is 0 Å². The highest BCUT2D eigenvalue weighted by Gasteiger charge is 2.23. The molecule has 0 saturated carbocycles. The molecule has 1 atom stereocenters. The van der Waals surface area contributed by atoms with Gasteiger partial charge in [0, 0.05) is 12.1 Å². The van der Waals surface area contributed by atoms with E-state index >= 15 is 0 Å². The minimum absolute atomic E-state index is 0.117. The fourth-order valence-corrected chi connectivity index (χ4v) is 1.53. The van der Waals surface area contributed by atoms with E-state index in [0.29, 0.717) is 23.6 Å². The SMILES string of the molecule is O=C(NC[C@@H]1CO1)c1ccc2c(c1)OCO2. The van der Waals surface area contributed by atoms with E-state index in [1.165, 1.54) is 0 Å². The summed E-state index contributed by atoms with van der Waals surface area (Å²) in [4.78, 5) is 11.7. The second kappa shape index (κ2) is 3.68. The molecule has 1 saturated heterocycles. The molecule has 0 spiro atoms. The number of nitrogens with one attached hydrogen (secondary N) is 1. The molecule has 0 unspecified atom stereocenters. The molecule has 0 radical (unpaired) electrons. The number of rotatable bonds is 3. The van der Waals surface area contributed by atoms with Crippen molar-refractivity contribution in [2.45, 2.75) is 6.10 Å². The van der Waals surface area contributed by atoms with Gasteiger partial charge in [0.1, 0.15) is 0 Å². The summed E-state index contributed by atoms with van der Waals surface area (Å²) < 4.78 is 15.4. The highest BCUT2D eigenvalue weighted by Crippen LogP contribution is 2.32. The summed E-state index contributed by atoms with van der Waals surface area (Å²) in [5.41, 5.74) is 0.574. The molecule has 3 rings (SSSR count). The van der Waals surface area contributed by atoms with Gasteiger partial charge in [-0.25, -0.2) is 0 Å². The van der Waals surface area contributed by atoms with Crippen molar-refractivity contribution in [2.24, 2.45) is 0 Å². The summed E-state index contributed by atoms with van der Waals surface area (Å²) in [6.07, 6.45) is 0.193. The highest BCUT2D eigenvalue weighted by atomic mass is 16.7. The number of hydrogen-bond donors (Lipinski definition) is 1. The molecule has 5 heteroatoms. The predicted octanol–water partition coefficient (Wildman–Crippen LogP) is 0.544. The van der Waals surface area contributed by atoms with Crippen LogP contribution in [-0.4, -0.2) is 32.0 Å². The normalized spacial score (nSPS) is 20.6. The topological polar surface area (TPSA) is 60.1 Å². The lowest BCUT2D eigenvalue weighted by molar-refractivity contribution is 0.0950. The van der Waals surface area contributed by atoms with Crippen LogP contribution in [0.1, 0.15) is 10.4 Å². The first-order chi connectivity index (χ1) is 7.83. The summed E-state index contributed by atoms with van der Waals surface area (Å²) in [6, 6.07) is 5.15. The Kier molecular flexibility index (Phi) is 2.18. The van der Waals surface area contributed by atoms with Crippen LogP contribution < -0.4 is 14.8 Å². The quantitative estimate of drug-likeness (QED) is 0.757. The van der Waals surface area contributed by atoms with Crippen LogP contribution in [0.3, 0.4) is 0 Å². The Morgan fingerprint density at radius 3 is 3.00 bits per heavy atom. The highest BCUT2D eigenvalue weighted by molar-refractivity contribution is 5.94. The van der Waals surface area contributed by atoms with Crippen molar-refractivity contribution in [3.63, 3.8) is 0 Å². The van der Waals surface area contributed by atoms with Gasteiger partial charge in [0.2, 0.25) is 6.79 Å². The molecule has 84 valence electrons. The number of carbonyl (C=O) groups excluding carboxylic acids is 1. The molecule has 2 aliphatic rings. The molecular formula is C11H11NO4. The van der Waals surface area contributed by atoms with Gasteiger partial charge in [-0.1, -0.05) is 0 Å². The van der Waals surface area contributed by atoms with Gasteiger partial charge in [-0.15, -0.1) is 0 Å². The average molecular weight is 221 g/mol. The molecule has 1 N–H and O–H groups in total. The standard InChI is InChI=1S/C11H11NO4/c13-11(12-4-8-5-14-8)7-1-2-9-10(3-7)16-6-15-9/h1-3,8H,4-6H2,(H,12,13)/t8-/m1/s1. The largest absolute Gasteiger partial charge is 0.454 e. The fraction of sp³-hybridized carbons (Fsp3) is 0.364. The third kappa shape index (κ3) is 1.81. The molecule has 0 bridgehead atoms. The lowest BCUT2D eigenvalue weighted by Crippen LogP contribution is -2.27. The van der Waals surface area contributed by atoms with Crippen LogP contribution in [0.15, 0.2) is 18.2 Å². The molecule has 1 amide bonds. The van der Waals surface area contributed by atoms with E-state index in [9.17, 15) is 4.79 Å². The van der Waals surface area contributed by atoms with Crippen LogP contribution in [0, 0.1) is 0 Å². The van der Waals surface area contributed by atoms with Crippen molar-refractivity contribution in [3.8, 4) is 11.5 Å². The Labute approximate surface area is 92.3 Å². The lowest BCUT2D eigenvalue weighted by atomic mass is 10.2. The number of ether oxygens (including phenoxy) is 3. The van der Waals surface area contributed by atoms with Crippen molar-refractivity contribution < 1.29 is 19.0 Å². The lowest BCUT2D eigenvalue weighted by Gasteiger charge is -2.03. The van der Waals surface area contributed by atoms with Crippen LogP contribution in [0.5, 0.6) is 11.5 Å². The van der Waals surface area contributed by atoms with Crippen LogP contribution in [0.4, 0.5) is 0 Å². The average Bonchev–Trinajstić information content (AvgIpc) is 3.01. The zero-order valence-corrected chi connectivity index (χ0v) is 8.56. The first-order valence-corrected chi connectivity index (χ1v) is 5.12. The maximum Gasteiger partial charge on any atom is 0.251 e. The monoisotopic (exact) mass is 221 g/mol. The minimum Gasteiger partial charge on any atom is -0.454 e. The van der Waals surface area contributed by atoms with Gasteiger partial charge in [-0.05, 0) is 18.2 Å². The second-order valence-corrected chi connectivity index (χ2v) is 3.73. The van der Waals surface area contributed by atoms with Gasteiger partial charge < -0.3 is 19.5 Å². The number of amides is 1. The molecule has 1 aromatic rings. The van der Waals surface area contributed by atoms with Crippen molar-refractivity contribution in [1.29, 1.82) is 0 Å². The Hall–Kier alpha value is -1.75. The van der Waals surface area contributed by atoms with Crippen molar-refractivity contribution >= 4 is 5.91 Å². The maximum absolute atomic E-state index is 11.7. The molecule has 5 nitrogen and oxygen atoms in total. The molecule has 2 aliphatic heterocycles. The minimum atomic E-state index is -0.117. The van der Waals surface area contributed by atoms with Gasteiger partial charge in [0.25, 0.3) is 5.91 Å². The van der Waals surface area contributed by atoms with Crippen LogP contribution in [0.2, 0.25) is 0 Å². The number of epoxide rings is 1. The van der Waals surface area contributed by atoms with Gasteiger partial charge in [0.15, 0.2) is 11.5 Å². The zero-order valence-electron chi connectivity index (χ0n) is 8.56. The van der Waals surface area contributed by atoms with E-state index in [1.54, 1.807) is 18.2 Å². The van der Waals surface area contributed by atoms with Crippen molar-refractivity contribution in [1.82, 2.24) is 5.32 Å². The van der Waals surface area contributed by atoms with Crippen LogP contribution in [-0.2, 0) is 4.74 Å². The molecule has 0 aromatic heterocycles. The summed E-state index contributed by atoms with van der Waals surface area (Å²) in [5, 5.41) is 2.79. The molecule has 1 aromatic carbocycles. The second-order valence-electron chi connectivity index (χ2n) is 3.73. The maximum atomic E-state index is 11.7. The van der Waals surface area contributed by atoms with Crippen molar-refractivity contribution in [3.05, 3.63) is 23.8 Å². The number of carbonyl (C=O) groups is 1. The zero-order chi connectivity index (χ0) is 11.0. The Bertz CT molecular complexity index is 428. The summed E-state index contributed by atoms with van der Waals surface area (Å²) in [7, 11) is 0. The number of benzene rings is 1. The van der Waals surface area contributed by atoms with E-state index in [-0.39, 0.29) is 18.8 Å². The smallest absolute Gasteiger partial charge is 0.251 e. The van der Waals surface area contributed by atoms with Gasteiger partial charge >= 0.3 is 0 Å². The van der Waals surface area contributed by atoms with Gasteiger partial charge in [0.05, 0.1) is 12.7 Å². The number of fused-ring (bicyclic) bond motifs is 1. The Morgan fingerprint density at radius 2 is 2.19 bits per heavy atom. The van der Waals surface area contributed by atoms with Crippen LogP contribution in [0.25, 0.3) is 0 Å². The molecular weight excluding hydrogens is 210 g/mol. The Morgan fingerprint density at radius 1 is 1.38 bits per heavy atom. The summed E-state index contributed by atoms with van der Waals surface area (Å²) in [6.45, 7) is 1.52. The number of hydrogen-bond acceptors (Lipinski definition) is 4. The first kappa shape index (κ1) is 9.47. The predicted molar refractivity (Wildman–Crippen MR) is 54.6 cm³/mol. The third-order valence-corrected chi connectivity index (χ3v) is 2.53. The van der Waals surface area contributed by atoms with E-state index in [4.69, 9.17) is 14.2 Å². The van der Waals surface area contributed by atoms with E-state index < -0.39 is 0 Å². The molecule has 16 heavy (non-hydrogen) atoms. The summed E-state index contributed by atoms with van der Waals surface area (Å²) >= 11 is 0. The Balaban J connectivity index is 1.70.